The summed E-state index contributed by atoms with van der Waals surface area (Å²) in [7, 11) is -3.88. The average molecular weight is 283 g/mol. The number of nitrogens with one attached hydrogen (secondary N) is 2. The van der Waals surface area contributed by atoms with E-state index in [-0.39, 0.29) is 10.9 Å². The minimum atomic E-state index is -3.88. The number of nitrogens with zero attached hydrogens (tertiary/aromatic N) is 1. The Labute approximate surface area is 111 Å². The van der Waals surface area contributed by atoms with Gasteiger partial charge in [0, 0.05) is 12.6 Å². The fraction of sp³-hybridized carbons (Fsp3) is 0.417. The number of hydrogen-bond donors (Lipinski definition) is 2. The molecule has 0 radical (unpaired) electrons. The normalized spacial score (nSPS) is 19.9. The first-order valence-corrected chi connectivity index (χ1v) is 7.44. The second kappa shape index (κ2) is 5.65. The molecule has 0 aromatic heterocycles. The Hall–Kier alpha value is -1.49. The van der Waals surface area contributed by atoms with E-state index in [0.717, 1.165) is 25.5 Å². The molecule has 0 saturated carbocycles. The third-order valence-corrected chi connectivity index (χ3v) is 4.56. The average Bonchev–Trinajstić information content (AvgIpc) is 2.39. The lowest BCUT2D eigenvalue weighted by Gasteiger charge is -2.23. The molecule has 1 aromatic rings. The zero-order valence-electron chi connectivity index (χ0n) is 10.2. The van der Waals surface area contributed by atoms with Crippen molar-refractivity contribution in [2.24, 2.45) is 0 Å². The van der Waals surface area contributed by atoms with E-state index in [9.17, 15) is 12.8 Å². The quantitative estimate of drug-likeness (QED) is 0.856. The molecular formula is C12H14FN3O2S. The van der Waals surface area contributed by atoms with Crippen LogP contribution in [0.2, 0.25) is 0 Å². The van der Waals surface area contributed by atoms with Crippen LogP contribution >= 0.6 is 0 Å². The van der Waals surface area contributed by atoms with Crippen molar-refractivity contribution in [1.82, 2.24) is 10.0 Å². The topological polar surface area (TPSA) is 82.0 Å². The molecule has 7 heteroatoms. The molecule has 1 saturated heterocycles. The van der Waals surface area contributed by atoms with Crippen LogP contribution in [0.25, 0.3) is 0 Å². The van der Waals surface area contributed by atoms with Crippen molar-refractivity contribution in [3.05, 3.63) is 29.6 Å². The molecule has 2 N–H and O–H groups in total. The molecule has 1 fully saturated rings. The maximum atomic E-state index is 13.4. The summed E-state index contributed by atoms with van der Waals surface area (Å²) in [4.78, 5) is -0.305. The summed E-state index contributed by atoms with van der Waals surface area (Å²) in [5, 5.41) is 12.0. The molecule has 1 unspecified atom stereocenters. The van der Waals surface area contributed by atoms with Gasteiger partial charge in [0.15, 0.2) is 0 Å². The number of benzene rings is 1. The van der Waals surface area contributed by atoms with E-state index in [1.807, 2.05) is 0 Å². The molecule has 1 heterocycles. The van der Waals surface area contributed by atoms with Crippen molar-refractivity contribution in [2.45, 2.75) is 23.8 Å². The van der Waals surface area contributed by atoms with Crippen molar-refractivity contribution in [1.29, 1.82) is 5.26 Å². The maximum Gasteiger partial charge on any atom is 0.242 e. The standard InChI is InChI=1S/C12H14FN3O2S/c13-11-4-1-5-12(10(11)7-14)19(17,18)16-9-3-2-6-15-8-9/h1,4-5,9,15-16H,2-3,6,8H2. The van der Waals surface area contributed by atoms with Crippen LogP contribution in [0.4, 0.5) is 4.39 Å². The van der Waals surface area contributed by atoms with E-state index in [1.165, 1.54) is 12.1 Å². The van der Waals surface area contributed by atoms with Gasteiger partial charge in [0.1, 0.15) is 22.3 Å². The van der Waals surface area contributed by atoms with Gasteiger partial charge in [-0.1, -0.05) is 6.07 Å². The molecule has 0 bridgehead atoms. The van der Waals surface area contributed by atoms with Crippen LogP contribution in [0.5, 0.6) is 0 Å². The SMILES string of the molecule is N#Cc1c(F)cccc1S(=O)(=O)NC1CCCNC1. The van der Waals surface area contributed by atoms with Crippen molar-refractivity contribution in [3.8, 4) is 6.07 Å². The van der Waals surface area contributed by atoms with Crippen LogP contribution in [0.15, 0.2) is 23.1 Å². The van der Waals surface area contributed by atoms with Gasteiger partial charge in [-0.3, -0.25) is 0 Å². The van der Waals surface area contributed by atoms with E-state index >= 15 is 0 Å². The molecule has 0 aliphatic carbocycles. The fourth-order valence-corrected chi connectivity index (χ4v) is 3.51. The van der Waals surface area contributed by atoms with Crippen LogP contribution in [-0.4, -0.2) is 27.5 Å². The van der Waals surface area contributed by atoms with E-state index in [2.05, 4.69) is 10.0 Å². The van der Waals surface area contributed by atoms with Gasteiger partial charge < -0.3 is 5.32 Å². The molecule has 0 spiro atoms. The summed E-state index contributed by atoms with van der Waals surface area (Å²) in [6, 6.07) is 4.96. The molecule has 1 aliphatic rings. The Morgan fingerprint density at radius 2 is 2.26 bits per heavy atom. The summed E-state index contributed by atoms with van der Waals surface area (Å²) in [5.41, 5.74) is -0.446. The summed E-state index contributed by atoms with van der Waals surface area (Å²) < 4.78 is 40.3. The Kier molecular flexibility index (Phi) is 4.14. The van der Waals surface area contributed by atoms with E-state index < -0.39 is 21.4 Å². The van der Waals surface area contributed by atoms with Crippen molar-refractivity contribution >= 4 is 10.0 Å². The Morgan fingerprint density at radius 1 is 1.47 bits per heavy atom. The van der Waals surface area contributed by atoms with Gasteiger partial charge in [-0.25, -0.2) is 17.5 Å². The summed E-state index contributed by atoms with van der Waals surface area (Å²) >= 11 is 0. The molecular weight excluding hydrogens is 269 g/mol. The predicted molar refractivity (Wildman–Crippen MR) is 67.3 cm³/mol. The lowest BCUT2D eigenvalue weighted by molar-refractivity contribution is 0.428. The lowest BCUT2D eigenvalue weighted by Crippen LogP contribution is -2.45. The number of nitriles is 1. The highest BCUT2D eigenvalue weighted by atomic mass is 32.2. The minimum Gasteiger partial charge on any atom is -0.315 e. The van der Waals surface area contributed by atoms with E-state index in [1.54, 1.807) is 6.07 Å². The highest BCUT2D eigenvalue weighted by molar-refractivity contribution is 7.89. The summed E-state index contributed by atoms with van der Waals surface area (Å²) in [6.45, 7) is 1.40. The van der Waals surface area contributed by atoms with Crippen LogP contribution in [0.3, 0.4) is 0 Å². The number of sulfonamides is 1. The van der Waals surface area contributed by atoms with Crippen molar-refractivity contribution in [3.63, 3.8) is 0 Å². The molecule has 19 heavy (non-hydrogen) atoms. The molecule has 0 amide bonds. The zero-order valence-corrected chi connectivity index (χ0v) is 11.0. The predicted octanol–water partition coefficient (Wildman–Crippen LogP) is 0.728. The first-order valence-electron chi connectivity index (χ1n) is 5.96. The highest BCUT2D eigenvalue weighted by Gasteiger charge is 2.25. The number of hydrogen-bond acceptors (Lipinski definition) is 4. The van der Waals surface area contributed by atoms with Crippen molar-refractivity contribution < 1.29 is 12.8 Å². The lowest BCUT2D eigenvalue weighted by atomic mass is 10.1. The zero-order chi connectivity index (χ0) is 13.9. The minimum absolute atomic E-state index is 0.228. The molecule has 1 aromatic carbocycles. The maximum absolute atomic E-state index is 13.4. The molecule has 102 valence electrons. The van der Waals surface area contributed by atoms with Gasteiger partial charge in [-0.05, 0) is 31.5 Å². The summed E-state index contributed by atoms with van der Waals surface area (Å²) in [5.74, 6) is -0.827. The van der Waals surface area contributed by atoms with Gasteiger partial charge >= 0.3 is 0 Å². The number of rotatable bonds is 3. The van der Waals surface area contributed by atoms with Gasteiger partial charge in [0.25, 0.3) is 0 Å². The molecule has 1 atom stereocenters. The monoisotopic (exact) mass is 283 g/mol. The van der Waals surface area contributed by atoms with Crippen molar-refractivity contribution in [2.75, 3.05) is 13.1 Å². The van der Waals surface area contributed by atoms with Crippen LogP contribution < -0.4 is 10.0 Å². The van der Waals surface area contributed by atoms with Crippen LogP contribution in [0.1, 0.15) is 18.4 Å². The van der Waals surface area contributed by atoms with Gasteiger partial charge in [-0.2, -0.15) is 5.26 Å². The smallest absolute Gasteiger partial charge is 0.242 e. The molecule has 2 rings (SSSR count). The van der Waals surface area contributed by atoms with Gasteiger partial charge in [0.2, 0.25) is 10.0 Å². The molecule has 5 nitrogen and oxygen atoms in total. The van der Waals surface area contributed by atoms with Gasteiger partial charge in [-0.15, -0.1) is 0 Å². The Morgan fingerprint density at radius 3 is 2.89 bits per heavy atom. The first kappa shape index (κ1) is 13.9. The van der Waals surface area contributed by atoms with Crippen LogP contribution in [-0.2, 0) is 10.0 Å². The van der Waals surface area contributed by atoms with Gasteiger partial charge in [0.05, 0.1) is 0 Å². The van der Waals surface area contributed by atoms with E-state index in [0.29, 0.717) is 6.54 Å². The Balaban J connectivity index is 2.29. The highest BCUT2D eigenvalue weighted by Crippen LogP contribution is 2.18. The second-order valence-corrected chi connectivity index (χ2v) is 6.07. The third kappa shape index (κ3) is 3.10. The number of halogens is 1. The van der Waals surface area contributed by atoms with Crippen LogP contribution in [0, 0.1) is 17.1 Å². The largest absolute Gasteiger partial charge is 0.315 e. The molecule has 1 aliphatic heterocycles. The third-order valence-electron chi connectivity index (χ3n) is 3.00. The fourth-order valence-electron chi connectivity index (χ4n) is 2.07. The van der Waals surface area contributed by atoms with E-state index in [4.69, 9.17) is 5.26 Å². The summed E-state index contributed by atoms with van der Waals surface area (Å²) in [6.07, 6.45) is 1.60. The Bertz CT molecular complexity index is 604. The number of piperidine rings is 1. The second-order valence-electron chi connectivity index (χ2n) is 4.39. The first-order chi connectivity index (χ1) is 9.04.